The van der Waals surface area contributed by atoms with Gasteiger partial charge in [-0.15, -0.1) is 0 Å². The van der Waals surface area contributed by atoms with Crippen LogP contribution in [0.5, 0.6) is 0 Å². The summed E-state index contributed by atoms with van der Waals surface area (Å²) in [5, 5.41) is 3.58. The summed E-state index contributed by atoms with van der Waals surface area (Å²) in [5.41, 5.74) is 2.03. The van der Waals surface area contributed by atoms with Gasteiger partial charge >= 0.3 is 6.09 Å². The lowest BCUT2D eigenvalue weighted by atomic mass is 9.95. The number of benzene rings is 1. The molecule has 0 bridgehead atoms. The van der Waals surface area contributed by atoms with Crippen molar-refractivity contribution in [3.63, 3.8) is 0 Å². The molecular weight excluding hydrogens is 276 g/mol. The fourth-order valence-corrected chi connectivity index (χ4v) is 2.63. The Balaban J connectivity index is 2.15. The average Bonchev–Trinajstić information content (AvgIpc) is 2.42. The molecule has 2 rings (SSSR count). The molecule has 1 aliphatic heterocycles. The lowest BCUT2D eigenvalue weighted by Crippen LogP contribution is -2.45. The Morgan fingerprint density at radius 1 is 1.36 bits per heavy atom. The van der Waals surface area contributed by atoms with Gasteiger partial charge in [0.1, 0.15) is 5.60 Å². The highest BCUT2D eigenvalue weighted by Crippen LogP contribution is 2.27. The van der Waals surface area contributed by atoms with E-state index < -0.39 is 5.60 Å². The van der Waals surface area contributed by atoms with E-state index in [9.17, 15) is 4.79 Å². The predicted molar refractivity (Wildman–Crippen MR) is 88.7 cm³/mol. The molecule has 0 saturated heterocycles. The first kappa shape index (κ1) is 16.8. The first-order chi connectivity index (χ1) is 10.3. The monoisotopic (exact) mass is 304 g/mol. The number of hydrogen-bond donors (Lipinski definition) is 1. The van der Waals surface area contributed by atoms with Gasteiger partial charge in [-0.1, -0.05) is 38.1 Å². The number of rotatable bonds is 3. The minimum Gasteiger partial charge on any atom is -0.444 e. The van der Waals surface area contributed by atoms with E-state index in [0.717, 1.165) is 6.54 Å². The third-order valence-electron chi connectivity index (χ3n) is 3.62. The third kappa shape index (κ3) is 4.47. The summed E-state index contributed by atoms with van der Waals surface area (Å²) in [5.74, 6) is 0.573. The average molecular weight is 304 g/mol. The zero-order valence-electron chi connectivity index (χ0n) is 14.3. The molecule has 0 aliphatic carbocycles. The lowest BCUT2D eigenvalue weighted by Gasteiger charge is -2.36. The van der Waals surface area contributed by atoms with Gasteiger partial charge in [-0.2, -0.15) is 0 Å². The third-order valence-corrected chi connectivity index (χ3v) is 3.62. The molecule has 1 unspecified atom stereocenters. The highest BCUT2D eigenvalue weighted by molar-refractivity contribution is 5.69. The van der Waals surface area contributed by atoms with Crippen LogP contribution in [0.4, 0.5) is 4.79 Å². The molecule has 1 amide bonds. The van der Waals surface area contributed by atoms with Gasteiger partial charge in [0.15, 0.2) is 0 Å². The second-order valence-electron chi connectivity index (χ2n) is 7.41. The van der Waals surface area contributed by atoms with Crippen molar-refractivity contribution < 1.29 is 9.53 Å². The Hall–Kier alpha value is -1.55. The second kappa shape index (κ2) is 6.69. The Kier molecular flexibility index (Phi) is 5.12. The first-order valence-electron chi connectivity index (χ1n) is 8.05. The highest BCUT2D eigenvalue weighted by atomic mass is 16.6. The van der Waals surface area contributed by atoms with E-state index >= 15 is 0 Å². The van der Waals surface area contributed by atoms with Gasteiger partial charge in [-0.25, -0.2) is 4.79 Å². The van der Waals surface area contributed by atoms with E-state index in [1.54, 1.807) is 4.90 Å². The van der Waals surface area contributed by atoms with Gasteiger partial charge in [0.2, 0.25) is 0 Å². The van der Waals surface area contributed by atoms with E-state index in [0.29, 0.717) is 19.0 Å². The summed E-state index contributed by atoms with van der Waals surface area (Å²) in [4.78, 5) is 14.2. The standard InChI is InChI=1S/C18H28N2O2/c1-13(2)10-19-16-12-20(17(21)22-18(3,4)5)11-14-8-6-7-9-15(14)16/h6-9,13,16,19H,10-12H2,1-5H3. The molecule has 4 nitrogen and oxygen atoms in total. The van der Waals surface area contributed by atoms with E-state index in [1.807, 2.05) is 26.8 Å². The number of carbonyl (C=O) groups excluding carboxylic acids is 1. The van der Waals surface area contributed by atoms with Gasteiger partial charge in [0.25, 0.3) is 0 Å². The number of hydrogen-bond acceptors (Lipinski definition) is 3. The zero-order chi connectivity index (χ0) is 16.3. The molecule has 1 aliphatic rings. The first-order valence-corrected chi connectivity index (χ1v) is 8.05. The minimum atomic E-state index is -0.463. The molecule has 4 heteroatoms. The summed E-state index contributed by atoms with van der Waals surface area (Å²) in [6, 6.07) is 8.50. The van der Waals surface area contributed by atoms with Crippen LogP contribution >= 0.6 is 0 Å². The van der Waals surface area contributed by atoms with Crippen LogP contribution in [0.25, 0.3) is 0 Å². The SMILES string of the molecule is CC(C)CNC1CN(C(=O)OC(C)(C)C)Cc2ccccc21. The smallest absolute Gasteiger partial charge is 0.410 e. The molecule has 1 heterocycles. The molecule has 0 aromatic heterocycles. The van der Waals surface area contributed by atoms with Gasteiger partial charge in [-0.3, -0.25) is 0 Å². The van der Waals surface area contributed by atoms with Crippen LogP contribution in [0.15, 0.2) is 24.3 Å². The number of nitrogens with zero attached hydrogens (tertiary/aromatic N) is 1. The van der Waals surface area contributed by atoms with Crippen molar-refractivity contribution in [2.45, 2.75) is 52.8 Å². The van der Waals surface area contributed by atoms with Crippen molar-refractivity contribution in [2.24, 2.45) is 5.92 Å². The number of nitrogens with one attached hydrogen (secondary N) is 1. The van der Waals surface area contributed by atoms with Gasteiger partial charge in [0, 0.05) is 13.1 Å². The number of fused-ring (bicyclic) bond motifs is 1. The van der Waals surface area contributed by atoms with Crippen LogP contribution in [0, 0.1) is 5.92 Å². The molecule has 1 aromatic rings. The van der Waals surface area contributed by atoms with Crippen molar-refractivity contribution in [2.75, 3.05) is 13.1 Å². The molecule has 122 valence electrons. The predicted octanol–water partition coefficient (Wildman–Crippen LogP) is 3.72. The summed E-state index contributed by atoms with van der Waals surface area (Å²) in [6.45, 7) is 12.3. The number of carbonyl (C=O) groups is 1. The Labute approximate surface area is 133 Å². The van der Waals surface area contributed by atoms with Gasteiger partial charge in [0.05, 0.1) is 6.04 Å². The van der Waals surface area contributed by atoms with Crippen molar-refractivity contribution >= 4 is 6.09 Å². The van der Waals surface area contributed by atoms with E-state index in [4.69, 9.17) is 4.74 Å². The largest absolute Gasteiger partial charge is 0.444 e. The van der Waals surface area contributed by atoms with E-state index in [-0.39, 0.29) is 12.1 Å². The van der Waals surface area contributed by atoms with Crippen molar-refractivity contribution in [3.05, 3.63) is 35.4 Å². The molecule has 1 aromatic carbocycles. The number of amides is 1. The Morgan fingerprint density at radius 2 is 2.05 bits per heavy atom. The molecule has 0 fully saturated rings. The molecule has 1 atom stereocenters. The highest BCUT2D eigenvalue weighted by Gasteiger charge is 2.30. The summed E-state index contributed by atoms with van der Waals surface area (Å²) >= 11 is 0. The van der Waals surface area contributed by atoms with Gasteiger partial charge in [-0.05, 0) is 44.4 Å². The van der Waals surface area contributed by atoms with E-state index in [1.165, 1.54) is 11.1 Å². The lowest BCUT2D eigenvalue weighted by molar-refractivity contribution is 0.0196. The normalized spacial score (nSPS) is 18.3. The second-order valence-corrected chi connectivity index (χ2v) is 7.41. The van der Waals surface area contributed by atoms with Crippen molar-refractivity contribution in [1.29, 1.82) is 0 Å². The minimum absolute atomic E-state index is 0.167. The molecule has 0 spiro atoms. The maximum atomic E-state index is 12.4. The summed E-state index contributed by atoms with van der Waals surface area (Å²) in [7, 11) is 0. The summed E-state index contributed by atoms with van der Waals surface area (Å²) in [6.07, 6.45) is -0.238. The van der Waals surface area contributed by atoms with Crippen molar-refractivity contribution in [3.8, 4) is 0 Å². The van der Waals surface area contributed by atoms with Crippen LogP contribution in [0.3, 0.4) is 0 Å². The fourth-order valence-electron chi connectivity index (χ4n) is 2.63. The quantitative estimate of drug-likeness (QED) is 0.925. The molecule has 22 heavy (non-hydrogen) atoms. The zero-order valence-corrected chi connectivity index (χ0v) is 14.3. The summed E-state index contributed by atoms with van der Waals surface area (Å²) < 4.78 is 5.53. The fraction of sp³-hybridized carbons (Fsp3) is 0.611. The van der Waals surface area contributed by atoms with Gasteiger partial charge < -0.3 is 15.0 Å². The van der Waals surface area contributed by atoms with Crippen LogP contribution < -0.4 is 5.32 Å². The maximum Gasteiger partial charge on any atom is 0.410 e. The van der Waals surface area contributed by atoms with E-state index in [2.05, 4.69) is 37.4 Å². The van der Waals surface area contributed by atoms with Crippen LogP contribution in [0.2, 0.25) is 0 Å². The molecule has 0 radical (unpaired) electrons. The number of ether oxygens (including phenoxy) is 1. The molecule has 1 N–H and O–H groups in total. The Bertz CT molecular complexity index is 520. The topological polar surface area (TPSA) is 41.6 Å². The van der Waals surface area contributed by atoms with Crippen LogP contribution in [0.1, 0.15) is 51.8 Å². The maximum absolute atomic E-state index is 12.4. The van der Waals surface area contributed by atoms with Crippen LogP contribution in [-0.4, -0.2) is 29.7 Å². The molecular formula is C18H28N2O2. The van der Waals surface area contributed by atoms with Crippen LogP contribution in [-0.2, 0) is 11.3 Å². The Morgan fingerprint density at radius 3 is 2.68 bits per heavy atom. The molecule has 0 saturated carbocycles. The van der Waals surface area contributed by atoms with Crippen molar-refractivity contribution in [1.82, 2.24) is 10.2 Å².